The fourth-order valence-electron chi connectivity index (χ4n) is 2.39. The highest BCUT2D eigenvalue weighted by atomic mass is 32.2. The van der Waals surface area contributed by atoms with Gasteiger partial charge in [0, 0.05) is 5.75 Å². The van der Waals surface area contributed by atoms with Crippen molar-refractivity contribution in [3.63, 3.8) is 0 Å². The summed E-state index contributed by atoms with van der Waals surface area (Å²) in [5, 5.41) is 3.27. The maximum atomic E-state index is 11.8. The number of carbonyl (C=O) groups excluding carboxylic acids is 1. The Bertz CT molecular complexity index is 308. The second-order valence-electron chi connectivity index (χ2n) is 5.58. The van der Waals surface area contributed by atoms with E-state index in [1.807, 2.05) is 0 Å². The van der Waals surface area contributed by atoms with Gasteiger partial charge in [0.15, 0.2) is 12.5 Å². The topological polar surface area (TPSA) is 56.8 Å². The van der Waals surface area contributed by atoms with Crippen molar-refractivity contribution in [2.24, 2.45) is 0 Å². The predicted octanol–water partition coefficient (Wildman–Crippen LogP) is 2.89. The molecule has 2 aliphatic rings. The molecule has 1 saturated carbocycles. The molecule has 6 heteroatoms. The molecule has 0 aromatic heterocycles. The van der Waals surface area contributed by atoms with Crippen molar-refractivity contribution in [2.45, 2.75) is 69.8 Å². The van der Waals surface area contributed by atoms with Gasteiger partial charge in [0.2, 0.25) is 0 Å². The Morgan fingerprint density at radius 3 is 2.80 bits per heavy atom. The number of amides is 1. The summed E-state index contributed by atoms with van der Waals surface area (Å²) in [5.41, 5.74) is 0. The first kappa shape index (κ1) is 15.9. The minimum Gasteiger partial charge on any atom is -0.446 e. The van der Waals surface area contributed by atoms with Gasteiger partial charge in [0.1, 0.15) is 6.10 Å². The molecular weight excluding hydrogens is 278 g/mol. The predicted molar refractivity (Wildman–Crippen MR) is 78.7 cm³/mol. The molecular formula is C14H25NO4S. The lowest BCUT2D eigenvalue weighted by atomic mass is 9.98. The Morgan fingerprint density at radius 2 is 2.10 bits per heavy atom. The van der Waals surface area contributed by atoms with Crippen LogP contribution in [0.2, 0.25) is 0 Å². The Kier molecular flexibility index (Phi) is 6.45. The number of carbonyl (C=O) groups is 1. The third-order valence-corrected chi connectivity index (χ3v) is 4.55. The van der Waals surface area contributed by atoms with Crippen LogP contribution < -0.4 is 5.32 Å². The summed E-state index contributed by atoms with van der Waals surface area (Å²) in [7, 11) is 0. The molecule has 2 fully saturated rings. The number of nitrogens with one attached hydrogen (secondary N) is 1. The molecule has 0 spiro atoms. The first-order chi connectivity index (χ1) is 9.63. The number of ether oxygens (including phenoxy) is 3. The third kappa shape index (κ3) is 5.50. The Morgan fingerprint density at radius 1 is 1.35 bits per heavy atom. The Labute approximate surface area is 125 Å². The van der Waals surface area contributed by atoms with Gasteiger partial charge >= 0.3 is 6.09 Å². The molecule has 0 aromatic rings. The van der Waals surface area contributed by atoms with Gasteiger partial charge in [-0.1, -0.05) is 20.3 Å². The molecule has 5 nitrogen and oxygen atoms in total. The van der Waals surface area contributed by atoms with Crippen LogP contribution in [0.4, 0.5) is 4.79 Å². The van der Waals surface area contributed by atoms with Gasteiger partial charge in [-0.15, -0.1) is 0 Å². The zero-order valence-electron chi connectivity index (χ0n) is 12.3. The Hall–Kier alpha value is -0.460. The summed E-state index contributed by atoms with van der Waals surface area (Å²) in [6.45, 7) is 4.66. The maximum Gasteiger partial charge on any atom is 0.409 e. The summed E-state index contributed by atoms with van der Waals surface area (Å²) in [5.74, 6) is 0.785. The highest BCUT2D eigenvalue weighted by molar-refractivity contribution is 7.99. The molecule has 2 atom stereocenters. The molecule has 116 valence electrons. The molecule has 1 saturated heterocycles. The van der Waals surface area contributed by atoms with E-state index < -0.39 is 0 Å². The average Bonchev–Trinajstić information content (AvgIpc) is 2.85. The van der Waals surface area contributed by atoms with Crippen molar-refractivity contribution in [3.8, 4) is 0 Å². The number of alkyl carbamates (subject to hydrolysis) is 1. The SMILES string of the molecule is CC(C)SC[C@@H]1OCC(NC(=O)OC2CCCCC2)O1. The first-order valence-corrected chi connectivity index (χ1v) is 8.54. The van der Waals surface area contributed by atoms with Gasteiger partial charge in [-0.3, -0.25) is 5.32 Å². The fourth-order valence-corrected chi connectivity index (χ4v) is 3.11. The lowest BCUT2D eigenvalue weighted by Crippen LogP contribution is -2.39. The van der Waals surface area contributed by atoms with Crippen LogP contribution in [0.15, 0.2) is 0 Å². The molecule has 0 aromatic carbocycles. The molecule has 1 unspecified atom stereocenters. The van der Waals surface area contributed by atoms with Crippen molar-refractivity contribution < 1.29 is 19.0 Å². The summed E-state index contributed by atoms with van der Waals surface area (Å²) in [6.07, 6.45) is 4.56. The first-order valence-electron chi connectivity index (χ1n) is 7.49. The smallest absolute Gasteiger partial charge is 0.409 e. The van der Waals surface area contributed by atoms with Crippen LogP contribution in [0.25, 0.3) is 0 Å². The van der Waals surface area contributed by atoms with Gasteiger partial charge in [0.05, 0.1) is 6.61 Å². The number of rotatable bonds is 5. The summed E-state index contributed by atoms with van der Waals surface area (Å²) in [6, 6.07) is 0. The second kappa shape index (κ2) is 8.10. The molecule has 2 rings (SSSR count). The van der Waals surface area contributed by atoms with E-state index in [1.54, 1.807) is 11.8 Å². The van der Waals surface area contributed by atoms with Crippen LogP contribution in [0.5, 0.6) is 0 Å². The van der Waals surface area contributed by atoms with Gasteiger partial charge in [-0.05, 0) is 30.9 Å². The number of hydrogen-bond donors (Lipinski definition) is 1. The normalized spacial score (nSPS) is 27.8. The van der Waals surface area contributed by atoms with Gasteiger partial charge in [-0.25, -0.2) is 4.79 Å². The van der Waals surface area contributed by atoms with E-state index in [0.717, 1.165) is 31.4 Å². The quantitative estimate of drug-likeness (QED) is 0.846. The molecule has 1 aliphatic carbocycles. The summed E-state index contributed by atoms with van der Waals surface area (Å²) in [4.78, 5) is 11.8. The van der Waals surface area contributed by atoms with Gasteiger partial charge in [0.25, 0.3) is 0 Å². The van der Waals surface area contributed by atoms with E-state index in [1.165, 1.54) is 6.42 Å². The van der Waals surface area contributed by atoms with E-state index in [2.05, 4.69) is 19.2 Å². The molecule has 0 radical (unpaired) electrons. The van der Waals surface area contributed by atoms with Crippen LogP contribution in [0, 0.1) is 0 Å². The number of hydrogen-bond acceptors (Lipinski definition) is 5. The van der Waals surface area contributed by atoms with Crippen molar-refractivity contribution in [1.29, 1.82) is 0 Å². The van der Waals surface area contributed by atoms with E-state index in [0.29, 0.717) is 11.9 Å². The molecule has 20 heavy (non-hydrogen) atoms. The monoisotopic (exact) mass is 303 g/mol. The van der Waals surface area contributed by atoms with Gasteiger partial charge in [-0.2, -0.15) is 11.8 Å². The van der Waals surface area contributed by atoms with Crippen LogP contribution in [-0.4, -0.2) is 42.3 Å². The average molecular weight is 303 g/mol. The third-order valence-electron chi connectivity index (χ3n) is 3.42. The van der Waals surface area contributed by atoms with Crippen LogP contribution in [0.1, 0.15) is 46.0 Å². The zero-order valence-corrected chi connectivity index (χ0v) is 13.1. The largest absolute Gasteiger partial charge is 0.446 e. The lowest BCUT2D eigenvalue weighted by Gasteiger charge is -2.22. The Balaban J connectivity index is 1.62. The highest BCUT2D eigenvalue weighted by Gasteiger charge is 2.28. The lowest BCUT2D eigenvalue weighted by molar-refractivity contribution is -0.0445. The molecule has 1 heterocycles. The zero-order chi connectivity index (χ0) is 14.4. The number of thioether (sulfide) groups is 1. The van der Waals surface area contributed by atoms with Crippen molar-refractivity contribution in [3.05, 3.63) is 0 Å². The summed E-state index contributed by atoms with van der Waals surface area (Å²) < 4.78 is 16.5. The van der Waals surface area contributed by atoms with E-state index >= 15 is 0 Å². The van der Waals surface area contributed by atoms with E-state index in [-0.39, 0.29) is 24.7 Å². The molecule has 1 amide bonds. The van der Waals surface area contributed by atoms with E-state index in [9.17, 15) is 4.79 Å². The fraction of sp³-hybridized carbons (Fsp3) is 0.929. The molecule has 0 bridgehead atoms. The molecule has 1 aliphatic heterocycles. The highest BCUT2D eigenvalue weighted by Crippen LogP contribution is 2.21. The minimum absolute atomic E-state index is 0.0679. The maximum absolute atomic E-state index is 11.8. The van der Waals surface area contributed by atoms with Crippen LogP contribution >= 0.6 is 11.8 Å². The minimum atomic E-state index is -0.386. The van der Waals surface area contributed by atoms with Gasteiger partial charge < -0.3 is 14.2 Å². The second-order valence-corrected chi connectivity index (χ2v) is 7.19. The van der Waals surface area contributed by atoms with Crippen LogP contribution in [0.3, 0.4) is 0 Å². The molecule has 1 N–H and O–H groups in total. The van der Waals surface area contributed by atoms with Crippen molar-refractivity contribution in [2.75, 3.05) is 12.4 Å². The van der Waals surface area contributed by atoms with Crippen molar-refractivity contribution >= 4 is 17.9 Å². The van der Waals surface area contributed by atoms with Crippen molar-refractivity contribution in [1.82, 2.24) is 5.32 Å². The van der Waals surface area contributed by atoms with Crippen LogP contribution in [-0.2, 0) is 14.2 Å². The summed E-state index contributed by atoms with van der Waals surface area (Å²) >= 11 is 1.78. The standard InChI is InChI=1S/C14H25NO4S/c1-10(2)20-9-13-17-8-12(19-13)15-14(16)18-11-6-4-3-5-7-11/h10-13H,3-9H2,1-2H3,(H,15,16)/t12?,13-/m1/s1. The van der Waals surface area contributed by atoms with E-state index in [4.69, 9.17) is 14.2 Å².